The van der Waals surface area contributed by atoms with Crippen LogP contribution in [0.1, 0.15) is 36.9 Å². The van der Waals surface area contributed by atoms with Crippen molar-refractivity contribution in [2.75, 3.05) is 19.6 Å². The second kappa shape index (κ2) is 7.59. The van der Waals surface area contributed by atoms with E-state index < -0.39 is 0 Å². The maximum Gasteiger partial charge on any atom is 0.226 e. The Morgan fingerprint density at radius 2 is 1.83 bits per heavy atom. The van der Waals surface area contributed by atoms with Crippen LogP contribution in [0.4, 0.5) is 0 Å². The molecule has 154 valence electrons. The molecule has 3 aromatic rings. The summed E-state index contributed by atoms with van der Waals surface area (Å²) in [6, 6.07) is 16.6. The van der Waals surface area contributed by atoms with Gasteiger partial charge in [0.05, 0.1) is 5.69 Å². The molecule has 30 heavy (non-hydrogen) atoms. The zero-order chi connectivity index (χ0) is 20.6. The van der Waals surface area contributed by atoms with Gasteiger partial charge in [0.15, 0.2) is 0 Å². The molecule has 6 nitrogen and oxygen atoms in total. The summed E-state index contributed by atoms with van der Waals surface area (Å²) in [7, 11) is 0. The van der Waals surface area contributed by atoms with Gasteiger partial charge in [0.1, 0.15) is 5.65 Å². The van der Waals surface area contributed by atoms with Gasteiger partial charge in [-0.3, -0.25) is 9.59 Å². The highest BCUT2D eigenvalue weighted by Crippen LogP contribution is 2.41. The quantitative estimate of drug-likeness (QED) is 0.733. The molecule has 1 N–H and O–H groups in total. The van der Waals surface area contributed by atoms with Gasteiger partial charge < -0.3 is 14.6 Å². The third kappa shape index (κ3) is 3.26. The van der Waals surface area contributed by atoms with Crippen LogP contribution in [0.5, 0.6) is 0 Å². The van der Waals surface area contributed by atoms with Gasteiger partial charge in [-0.25, -0.2) is 4.98 Å². The van der Waals surface area contributed by atoms with Crippen LogP contribution in [0.3, 0.4) is 0 Å². The van der Waals surface area contributed by atoms with Gasteiger partial charge in [0.25, 0.3) is 0 Å². The Hall–Kier alpha value is -3.15. The lowest BCUT2D eigenvalue weighted by Gasteiger charge is -2.42. The van der Waals surface area contributed by atoms with E-state index >= 15 is 0 Å². The van der Waals surface area contributed by atoms with E-state index in [9.17, 15) is 9.59 Å². The smallest absolute Gasteiger partial charge is 0.226 e. The fraction of sp³-hybridized carbons (Fsp3) is 0.375. The highest BCUT2D eigenvalue weighted by Gasteiger charge is 2.42. The van der Waals surface area contributed by atoms with Gasteiger partial charge in [-0.15, -0.1) is 0 Å². The minimum atomic E-state index is -0.214. The molecule has 2 aliphatic heterocycles. The lowest BCUT2D eigenvalue weighted by atomic mass is 9.70. The van der Waals surface area contributed by atoms with Crippen molar-refractivity contribution in [3.63, 3.8) is 0 Å². The number of imidazole rings is 1. The molecule has 0 aliphatic carbocycles. The Balaban J connectivity index is 1.43. The number of benzene rings is 1. The number of pyridine rings is 1. The van der Waals surface area contributed by atoms with E-state index in [0.717, 1.165) is 30.6 Å². The second-order valence-corrected chi connectivity index (χ2v) is 8.41. The monoisotopic (exact) mass is 402 g/mol. The van der Waals surface area contributed by atoms with Crippen LogP contribution in [0.25, 0.3) is 5.65 Å². The maximum absolute atomic E-state index is 13.0. The Bertz CT molecular complexity index is 1030. The van der Waals surface area contributed by atoms with E-state index in [1.54, 1.807) is 0 Å². The summed E-state index contributed by atoms with van der Waals surface area (Å²) < 4.78 is 2.07. The van der Waals surface area contributed by atoms with Crippen molar-refractivity contribution in [3.05, 3.63) is 72.2 Å². The van der Waals surface area contributed by atoms with Gasteiger partial charge in [-0.05, 0) is 37.0 Å². The van der Waals surface area contributed by atoms with Crippen LogP contribution in [0, 0.1) is 5.92 Å². The first-order chi connectivity index (χ1) is 14.7. The SMILES string of the molecule is O=C1CC(C(=O)N2CCC(c3ccccc3)(c3cn4ccccc4n3)CC2)CCN1. The number of piperidine rings is 2. The standard InChI is InChI=1S/C24H26N4O2/c29-22-16-18(9-12-25-22)23(30)27-14-10-24(11-15-27,19-6-2-1-3-7-19)20-17-28-13-5-4-8-21(28)26-20/h1-8,13,17-18H,9-12,14-16H2,(H,25,29). The predicted molar refractivity (Wildman–Crippen MR) is 114 cm³/mol. The van der Waals surface area contributed by atoms with Crippen molar-refractivity contribution in [2.45, 2.75) is 31.1 Å². The van der Waals surface area contributed by atoms with E-state index in [0.29, 0.717) is 26.1 Å². The molecule has 2 aromatic heterocycles. The summed E-state index contributed by atoms with van der Waals surface area (Å²) in [5.74, 6) is -0.0698. The van der Waals surface area contributed by atoms with Crippen molar-refractivity contribution in [1.82, 2.24) is 19.6 Å². The summed E-state index contributed by atoms with van der Waals surface area (Å²) >= 11 is 0. The van der Waals surface area contributed by atoms with Crippen LogP contribution in [-0.2, 0) is 15.0 Å². The maximum atomic E-state index is 13.0. The molecule has 1 aromatic carbocycles. The number of carbonyl (C=O) groups excluding carboxylic acids is 2. The Labute approximate surface area is 175 Å². The summed E-state index contributed by atoms with van der Waals surface area (Å²) in [6.45, 7) is 1.96. The number of likely N-dealkylation sites (tertiary alicyclic amines) is 1. The molecule has 4 heterocycles. The van der Waals surface area contributed by atoms with Gasteiger partial charge in [-0.1, -0.05) is 36.4 Å². The molecule has 2 fully saturated rings. The Morgan fingerprint density at radius 1 is 1.07 bits per heavy atom. The van der Waals surface area contributed by atoms with Crippen molar-refractivity contribution in [3.8, 4) is 0 Å². The Kier molecular flexibility index (Phi) is 4.77. The molecule has 2 aliphatic rings. The zero-order valence-corrected chi connectivity index (χ0v) is 17.0. The fourth-order valence-corrected chi connectivity index (χ4v) is 4.98. The number of nitrogens with zero attached hydrogens (tertiary/aromatic N) is 3. The van der Waals surface area contributed by atoms with E-state index in [2.05, 4.69) is 40.2 Å². The van der Waals surface area contributed by atoms with E-state index in [1.165, 1.54) is 5.56 Å². The summed E-state index contributed by atoms with van der Waals surface area (Å²) in [4.78, 5) is 31.7. The van der Waals surface area contributed by atoms with Gasteiger partial charge >= 0.3 is 0 Å². The second-order valence-electron chi connectivity index (χ2n) is 8.41. The first-order valence-electron chi connectivity index (χ1n) is 10.7. The molecule has 1 unspecified atom stereocenters. The fourth-order valence-electron chi connectivity index (χ4n) is 4.98. The van der Waals surface area contributed by atoms with Crippen LogP contribution < -0.4 is 5.32 Å². The topological polar surface area (TPSA) is 66.7 Å². The number of hydrogen-bond acceptors (Lipinski definition) is 3. The number of rotatable bonds is 3. The minimum Gasteiger partial charge on any atom is -0.356 e. The average Bonchev–Trinajstić information content (AvgIpc) is 3.24. The molecule has 1 atom stereocenters. The van der Waals surface area contributed by atoms with Crippen LogP contribution in [0.2, 0.25) is 0 Å². The number of amides is 2. The summed E-state index contributed by atoms with van der Waals surface area (Å²) in [5.41, 5.74) is 3.03. The van der Waals surface area contributed by atoms with E-state index in [4.69, 9.17) is 4.98 Å². The number of carbonyl (C=O) groups is 2. The molecule has 6 heteroatoms. The first kappa shape index (κ1) is 18.9. The molecule has 5 rings (SSSR count). The zero-order valence-electron chi connectivity index (χ0n) is 17.0. The molecule has 0 saturated carbocycles. The van der Waals surface area contributed by atoms with Crippen LogP contribution in [-0.4, -0.2) is 45.7 Å². The minimum absolute atomic E-state index is 0.0139. The number of nitrogens with one attached hydrogen (secondary N) is 1. The molecule has 0 spiro atoms. The largest absolute Gasteiger partial charge is 0.356 e. The summed E-state index contributed by atoms with van der Waals surface area (Å²) in [5, 5.41) is 2.82. The molecule has 2 saturated heterocycles. The van der Waals surface area contributed by atoms with Crippen LogP contribution >= 0.6 is 0 Å². The van der Waals surface area contributed by atoms with Gasteiger partial charge in [0, 0.05) is 49.8 Å². The molecule has 0 bridgehead atoms. The summed E-state index contributed by atoms with van der Waals surface area (Å²) in [6.07, 6.45) is 6.85. The van der Waals surface area contributed by atoms with Gasteiger partial charge in [-0.2, -0.15) is 0 Å². The predicted octanol–water partition coefficient (Wildman–Crippen LogP) is 2.77. The normalized spacial score (nSPS) is 21.4. The molecule has 2 amide bonds. The van der Waals surface area contributed by atoms with Crippen molar-refractivity contribution in [2.24, 2.45) is 5.92 Å². The molecular weight excluding hydrogens is 376 g/mol. The lowest BCUT2D eigenvalue weighted by molar-refractivity contribution is -0.141. The third-order valence-corrected chi connectivity index (χ3v) is 6.71. The average molecular weight is 402 g/mol. The molecule has 0 radical (unpaired) electrons. The van der Waals surface area contributed by atoms with Gasteiger partial charge in [0.2, 0.25) is 11.8 Å². The van der Waals surface area contributed by atoms with Crippen molar-refractivity contribution < 1.29 is 9.59 Å². The number of fused-ring (bicyclic) bond motifs is 1. The lowest BCUT2D eigenvalue weighted by Crippen LogP contribution is -2.49. The number of hydrogen-bond donors (Lipinski definition) is 1. The number of aromatic nitrogens is 2. The first-order valence-corrected chi connectivity index (χ1v) is 10.7. The van der Waals surface area contributed by atoms with E-state index in [1.807, 2.05) is 35.4 Å². The third-order valence-electron chi connectivity index (χ3n) is 6.71. The van der Waals surface area contributed by atoms with Crippen LogP contribution in [0.15, 0.2) is 60.9 Å². The molecular formula is C24H26N4O2. The van der Waals surface area contributed by atoms with Crippen molar-refractivity contribution >= 4 is 17.5 Å². The van der Waals surface area contributed by atoms with Crippen molar-refractivity contribution in [1.29, 1.82) is 0 Å². The highest BCUT2D eigenvalue weighted by atomic mass is 16.2. The highest BCUT2D eigenvalue weighted by molar-refractivity contribution is 5.87. The van der Waals surface area contributed by atoms with E-state index in [-0.39, 0.29) is 23.1 Å². The Morgan fingerprint density at radius 3 is 2.57 bits per heavy atom.